The standard InChI is InChI=1S/C19H13FN4O2S/c1-11-17(12-4-6-14(20)7-5-12)22-19(27-11)23-18(25)15-9-16(26-24-15)13-3-2-8-21-10-13/h2-10H,1H3,(H,22,23,25). The predicted molar refractivity (Wildman–Crippen MR) is 99.9 cm³/mol. The van der Waals surface area contributed by atoms with E-state index in [1.54, 1.807) is 36.7 Å². The van der Waals surface area contributed by atoms with Crippen molar-refractivity contribution >= 4 is 22.4 Å². The zero-order valence-corrected chi connectivity index (χ0v) is 15.0. The maximum absolute atomic E-state index is 13.1. The Balaban J connectivity index is 1.53. The second kappa shape index (κ2) is 7.08. The number of hydrogen-bond donors (Lipinski definition) is 1. The Hall–Kier alpha value is -3.39. The summed E-state index contributed by atoms with van der Waals surface area (Å²) in [7, 11) is 0. The molecule has 6 nitrogen and oxygen atoms in total. The molecule has 27 heavy (non-hydrogen) atoms. The Morgan fingerprint density at radius 3 is 2.74 bits per heavy atom. The van der Waals surface area contributed by atoms with Crippen LogP contribution in [0.3, 0.4) is 0 Å². The SMILES string of the molecule is Cc1sc(NC(=O)c2cc(-c3cccnc3)on2)nc1-c1ccc(F)cc1. The lowest BCUT2D eigenvalue weighted by Gasteiger charge is -1.98. The number of pyridine rings is 1. The third-order valence-corrected chi connectivity index (χ3v) is 4.71. The molecule has 0 fully saturated rings. The van der Waals surface area contributed by atoms with Crippen LogP contribution in [-0.2, 0) is 0 Å². The van der Waals surface area contributed by atoms with Crippen molar-refractivity contribution in [1.82, 2.24) is 15.1 Å². The van der Waals surface area contributed by atoms with Crippen LogP contribution in [0.15, 0.2) is 59.4 Å². The Labute approximate surface area is 157 Å². The third-order valence-electron chi connectivity index (χ3n) is 3.82. The fraction of sp³-hybridized carbons (Fsp3) is 0.0526. The topological polar surface area (TPSA) is 80.9 Å². The number of aromatic nitrogens is 3. The number of thiazole rings is 1. The van der Waals surface area contributed by atoms with Crippen LogP contribution >= 0.6 is 11.3 Å². The molecule has 0 spiro atoms. The smallest absolute Gasteiger partial charge is 0.279 e. The zero-order chi connectivity index (χ0) is 18.8. The summed E-state index contributed by atoms with van der Waals surface area (Å²) in [6.07, 6.45) is 3.28. The number of carbonyl (C=O) groups is 1. The van der Waals surface area contributed by atoms with Crippen LogP contribution in [0, 0.1) is 12.7 Å². The van der Waals surface area contributed by atoms with E-state index in [-0.39, 0.29) is 11.5 Å². The summed E-state index contributed by atoms with van der Waals surface area (Å²) < 4.78 is 18.3. The van der Waals surface area contributed by atoms with Crippen molar-refractivity contribution in [3.8, 4) is 22.6 Å². The molecule has 1 N–H and O–H groups in total. The number of halogens is 1. The van der Waals surface area contributed by atoms with Gasteiger partial charge in [0.1, 0.15) is 5.82 Å². The molecule has 0 unspecified atom stereocenters. The van der Waals surface area contributed by atoms with Gasteiger partial charge in [-0.25, -0.2) is 9.37 Å². The molecular weight excluding hydrogens is 367 g/mol. The summed E-state index contributed by atoms with van der Waals surface area (Å²) >= 11 is 1.33. The van der Waals surface area contributed by atoms with Crippen molar-refractivity contribution in [3.05, 3.63) is 71.2 Å². The monoisotopic (exact) mass is 380 g/mol. The molecule has 134 valence electrons. The van der Waals surface area contributed by atoms with E-state index in [0.29, 0.717) is 16.6 Å². The molecular formula is C19H13FN4O2S. The van der Waals surface area contributed by atoms with Gasteiger partial charge in [0.15, 0.2) is 16.6 Å². The average molecular weight is 380 g/mol. The van der Waals surface area contributed by atoms with Gasteiger partial charge >= 0.3 is 0 Å². The molecule has 0 aliphatic rings. The highest BCUT2D eigenvalue weighted by molar-refractivity contribution is 7.16. The van der Waals surface area contributed by atoms with E-state index in [4.69, 9.17) is 4.52 Å². The number of rotatable bonds is 4. The van der Waals surface area contributed by atoms with Crippen LogP contribution in [0.1, 0.15) is 15.4 Å². The zero-order valence-electron chi connectivity index (χ0n) is 14.1. The minimum Gasteiger partial charge on any atom is -0.355 e. The summed E-state index contributed by atoms with van der Waals surface area (Å²) in [6.45, 7) is 1.89. The van der Waals surface area contributed by atoms with E-state index < -0.39 is 5.91 Å². The van der Waals surface area contributed by atoms with Gasteiger partial charge in [-0.2, -0.15) is 0 Å². The fourth-order valence-corrected chi connectivity index (χ4v) is 3.34. The molecule has 0 radical (unpaired) electrons. The highest BCUT2D eigenvalue weighted by Gasteiger charge is 2.17. The summed E-state index contributed by atoms with van der Waals surface area (Å²) in [5, 5.41) is 6.96. The average Bonchev–Trinajstić information content (AvgIpc) is 3.30. The number of nitrogens with one attached hydrogen (secondary N) is 1. The molecule has 0 atom stereocenters. The lowest BCUT2D eigenvalue weighted by Crippen LogP contribution is -2.11. The Kier molecular flexibility index (Phi) is 4.47. The summed E-state index contributed by atoms with van der Waals surface area (Å²) in [5.41, 5.74) is 2.36. The van der Waals surface area contributed by atoms with Crippen LogP contribution in [0.25, 0.3) is 22.6 Å². The summed E-state index contributed by atoms with van der Waals surface area (Å²) in [6, 6.07) is 11.2. The number of nitrogens with zero attached hydrogens (tertiary/aromatic N) is 3. The van der Waals surface area contributed by atoms with Gasteiger partial charge in [-0.15, -0.1) is 11.3 Å². The highest BCUT2D eigenvalue weighted by atomic mass is 32.1. The van der Waals surface area contributed by atoms with E-state index in [1.807, 2.05) is 13.0 Å². The molecule has 0 saturated heterocycles. The number of hydrogen-bond acceptors (Lipinski definition) is 6. The molecule has 0 bridgehead atoms. The lowest BCUT2D eigenvalue weighted by molar-refractivity contribution is 0.101. The van der Waals surface area contributed by atoms with Gasteiger partial charge in [-0.1, -0.05) is 5.16 Å². The van der Waals surface area contributed by atoms with Gasteiger partial charge in [0.05, 0.1) is 5.69 Å². The first-order valence-corrected chi connectivity index (χ1v) is 8.83. The Bertz CT molecular complexity index is 1090. The molecule has 0 aliphatic heterocycles. The first-order chi connectivity index (χ1) is 13.1. The molecule has 0 saturated carbocycles. The lowest BCUT2D eigenvalue weighted by atomic mass is 10.1. The molecule has 0 aliphatic carbocycles. The first kappa shape index (κ1) is 17.0. The van der Waals surface area contributed by atoms with Crippen LogP contribution in [0.5, 0.6) is 0 Å². The highest BCUT2D eigenvalue weighted by Crippen LogP contribution is 2.30. The van der Waals surface area contributed by atoms with Crippen molar-refractivity contribution in [1.29, 1.82) is 0 Å². The Morgan fingerprint density at radius 2 is 2.00 bits per heavy atom. The van der Waals surface area contributed by atoms with Crippen LogP contribution in [-0.4, -0.2) is 21.0 Å². The largest absolute Gasteiger partial charge is 0.355 e. The molecule has 4 aromatic rings. The third kappa shape index (κ3) is 3.61. The number of aryl methyl sites for hydroxylation is 1. The number of amides is 1. The normalized spacial score (nSPS) is 10.7. The van der Waals surface area contributed by atoms with E-state index in [0.717, 1.165) is 16.0 Å². The van der Waals surface area contributed by atoms with Crippen molar-refractivity contribution in [2.24, 2.45) is 0 Å². The van der Waals surface area contributed by atoms with Gasteiger partial charge in [0.25, 0.3) is 5.91 Å². The summed E-state index contributed by atoms with van der Waals surface area (Å²) in [5.74, 6) is -0.278. The van der Waals surface area contributed by atoms with Crippen LogP contribution in [0.2, 0.25) is 0 Å². The van der Waals surface area contributed by atoms with Crippen molar-refractivity contribution in [2.45, 2.75) is 6.92 Å². The second-order valence-electron chi connectivity index (χ2n) is 5.70. The van der Waals surface area contributed by atoms with Crippen molar-refractivity contribution < 1.29 is 13.7 Å². The van der Waals surface area contributed by atoms with E-state index in [2.05, 4.69) is 20.4 Å². The molecule has 1 amide bonds. The molecule has 1 aromatic carbocycles. The molecule has 3 aromatic heterocycles. The van der Waals surface area contributed by atoms with E-state index in [9.17, 15) is 9.18 Å². The van der Waals surface area contributed by atoms with E-state index >= 15 is 0 Å². The quantitative estimate of drug-likeness (QED) is 0.561. The number of benzene rings is 1. The van der Waals surface area contributed by atoms with Gasteiger partial charge < -0.3 is 4.52 Å². The number of anilines is 1. The first-order valence-electron chi connectivity index (χ1n) is 8.02. The second-order valence-corrected chi connectivity index (χ2v) is 6.91. The fourth-order valence-electron chi connectivity index (χ4n) is 2.51. The molecule has 4 rings (SSSR count). The Morgan fingerprint density at radius 1 is 1.19 bits per heavy atom. The molecule has 3 heterocycles. The van der Waals surface area contributed by atoms with Gasteiger partial charge in [-0.3, -0.25) is 15.1 Å². The minimum absolute atomic E-state index is 0.144. The summed E-state index contributed by atoms with van der Waals surface area (Å²) in [4.78, 5) is 21.8. The minimum atomic E-state index is -0.423. The molecule has 8 heteroatoms. The predicted octanol–water partition coefficient (Wildman–Crippen LogP) is 4.56. The van der Waals surface area contributed by atoms with Crippen molar-refractivity contribution in [3.63, 3.8) is 0 Å². The van der Waals surface area contributed by atoms with Gasteiger partial charge in [0, 0.05) is 34.5 Å². The van der Waals surface area contributed by atoms with Crippen LogP contribution in [0.4, 0.5) is 9.52 Å². The van der Waals surface area contributed by atoms with Crippen LogP contribution < -0.4 is 5.32 Å². The van der Waals surface area contributed by atoms with E-state index in [1.165, 1.54) is 23.5 Å². The van der Waals surface area contributed by atoms with Gasteiger partial charge in [0.2, 0.25) is 0 Å². The number of carbonyl (C=O) groups excluding carboxylic acids is 1. The van der Waals surface area contributed by atoms with Crippen molar-refractivity contribution in [2.75, 3.05) is 5.32 Å². The maximum Gasteiger partial charge on any atom is 0.279 e. The maximum atomic E-state index is 13.1. The van der Waals surface area contributed by atoms with Gasteiger partial charge in [-0.05, 0) is 43.3 Å².